The lowest BCUT2D eigenvalue weighted by Crippen LogP contribution is -2.56. The Hall–Kier alpha value is -0.610. The van der Waals surface area contributed by atoms with Gasteiger partial charge in [0, 0.05) is 12.1 Å². The number of carboxylic acid groups (broad SMARTS) is 1. The molecule has 1 heterocycles. The molecule has 1 aliphatic heterocycles. The SMILES string of the molecule is CCCNC1(CC(=O)O)CCOC(C)(CC)C1. The van der Waals surface area contributed by atoms with Gasteiger partial charge >= 0.3 is 5.97 Å². The molecular weight excluding hydrogens is 218 g/mol. The molecule has 2 atom stereocenters. The standard InChI is InChI=1S/C13H25NO3/c1-4-7-14-13(9-11(15)16)6-8-17-12(3,5-2)10-13/h14H,4-10H2,1-3H3,(H,15,16). The molecule has 0 radical (unpaired) electrons. The van der Waals surface area contributed by atoms with Gasteiger partial charge in [-0.05, 0) is 39.2 Å². The molecule has 1 saturated heterocycles. The monoisotopic (exact) mass is 243 g/mol. The van der Waals surface area contributed by atoms with Crippen molar-refractivity contribution in [3.8, 4) is 0 Å². The molecule has 100 valence electrons. The van der Waals surface area contributed by atoms with Crippen LogP contribution in [0.3, 0.4) is 0 Å². The summed E-state index contributed by atoms with van der Waals surface area (Å²) in [5.74, 6) is -0.728. The van der Waals surface area contributed by atoms with Crippen molar-refractivity contribution >= 4 is 5.97 Å². The maximum absolute atomic E-state index is 11.1. The highest BCUT2D eigenvalue weighted by atomic mass is 16.5. The van der Waals surface area contributed by atoms with Gasteiger partial charge in [0.15, 0.2) is 0 Å². The van der Waals surface area contributed by atoms with Crippen LogP contribution in [0.25, 0.3) is 0 Å². The van der Waals surface area contributed by atoms with E-state index in [1.165, 1.54) is 0 Å². The van der Waals surface area contributed by atoms with Gasteiger partial charge in [-0.2, -0.15) is 0 Å². The molecule has 2 unspecified atom stereocenters. The third kappa shape index (κ3) is 3.96. The van der Waals surface area contributed by atoms with E-state index in [4.69, 9.17) is 9.84 Å². The van der Waals surface area contributed by atoms with Gasteiger partial charge < -0.3 is 15.2 Å². The average molecular weight is 243 g/mol. The minimum Gasteiger partial charge on any atom is -0.481 e. The van der Waals surface area contributed by atoms with Crippen LogP contribution in [0.4, 0.5) is 0 Å². The molecule has 1 rings (SSSR count). The second kappa shape index (κ2) is 5.83. The molecule has 1 aliphatic rings. The van der Waals surface area contributed by atoms with E-state index in [2.05, 4.69) is 26.1 Å². The van der Waals surface area contributed by atoms with Crippen LogP contribution in [0.15, 0.2) is 0 Å². The predicted molar refractivity (Wildman–Crippen MR) is 67.2 cm³/mol. The van der Waals surface area contributed by atoms with Crippen molar-refractivity contribution in [1.82, 2.24) is 5.32 Å². The zero-order chi connectivity index (χ0) is 12.9. The van der Waals surface area contributed by atoms with Gasteiger partial charge in [-0.1, -0.05) is 13.8 Å². The Labute approximate surface area is 104 Å². The smallest absolute Gasteiger partial charge is 0.305 e. The molecule has 1 fully saturated rings. The van der Waals surface area contributed by atoms with E-state index in [1.54, 1.807) is 0 Å². The van der Waals surface area contributed by atoms with Crippen molar-refractivity contribution in [3.63, 3.8) is 0 Å². The lowest BCUT2D eigenvalue weighted by Gasteiger charge is -2.46. The third-order valence-corrected chi connectivity index (χ3v) is 3.73. The van der Waals surface area contributed by atoms with Crippen molar-refractivity contribution < 1.29 is 14.6 Å². The fourth-order valence-electron chi connectivity index (χ4n) is 2.62. The summed E-state index contributed by atoms with van der Waals surface area (Å²) < 4.78 is 5.80. The summed E-state index contributed by atoms with van der Waals surface area (Å²) in [5.41, 5.74) is -0.473. The molecule has 2 N–H and O–H groups in total. The van der Waals surface area contributed by atoms with Gasteiger partial charge in [0.2, 0.25) is 0 Å². The molecule has 0 saturated carbocycles. The van der Waals surface area contributed by atoms with Crippen molar-refractivity contribution in [1.29, 1.82) is 0 Å². The number of rotatable bonds is 6. The van der Waals surface area contributed by atoms with Crippen LogP contribution in [0.1, 0.15) is 52.9 Å². The second-order valence-corrected chi connectivity index (χ2v) is 5.36. The normalized spacial score (nSPS) is 33.6. The van der Waals surface area contributed by atoms with Gasteiger partial charge in [0.1, 0.15) is 0 Å². The Kier molecular flexibility index (Phi) is 4.95. The van der Waals surface area contributed by atoms with Crippen LogP contribution in [0.5, 0.6) is 0 Å². The summed E-state index contributed by atoms with van der Waals surface area (Å²) in [4.78, 5) is 11.1. The van der Waals surface area contributed by atoms with Crippen LogP contribution in [-0.4, -0.2) is 35.4 Å². The van der Waals surface area contributed by atoms with Crippen molar-refractivity contribution in [2.24, 2.45) is 0 Å². The van der Waals surface area contributed by atoms with E-state index in [0.29, 0.717) is 6.61 Å². The molecule has 17 heavy (non-hydrogen) atoms. The first-order chi connectivity index (χ1) is 7.95. The number of hydrogen-bond donors (Lipinski definition) is 2. The summed E-state index contributed by atoms with van der Waals surface area (Å²) in [6.45, 7) is 7.79. The highest BCUT2D eigenvalue weighted by molar-refractivity contribution is 5.68. The largest absolute Gasteiger partial charge is 0.481 e. The quantitative estimate of drug-likeness (QED) is 0.750. The van der Waals surface area contributed by atoms with Gasteiger partial charge in [-0.25, -0.2) is 0 Å². The molecule has 4 heteroatoms. The Bertz CT molecular complexity index is 269. The molecular formula is C13H25NO3. The molecule has 0 aromatic heterocycles. The average Bonchev–Trinajstić information content (AvgIpc) is 2.26. The fraction of sp³-hybridized carbons (Fsp3) is 0.923. The minimum atomic E-state index is -0.728. The molecule has 0 aliphatic carbocycles. The molecule has 0 aromatic carbocycles. The second-order valence-electron chi connectivity index (χ2n) is 5.36. The number of ether oxygens (including phenoxy) is 1. The minimum absolute atomic E-state index is 0.186. The zero-order valence-corrected chi connectivity index (χ0v) is 11.2. The number of carbonyl (C=O) groups is 1. The van der Waals surface area contributed by atoms with E-state index in [9.17, 15) is 4.79 Å². The van der Waals surface area contributed by atoms with Gasteiger partial charge in [-0.3, -0.25) is 4.79 Å². The van der Waals surface area contributed by atoms with E-state index < -0.39 is 5.97 Å². The Morgan fingerprint density at radius 3 is 2.71 bits per heavy atom. The first-order valence-electron chi connectivity index (χ1n) is 6.56. The van der Waals surface area contributed by atoms with Crippen LogP contribution >= 0.6 is 0 Å². The lowest BCUT2D eigenvalue weighted by molar-refractivity contribution is -0.144. The van der Waals surface area contributed by atoms with Crippen LogP contribution in [-0.2, 0) is 9.53 Å². The van der Waals surface area contributed by atoms with Crippen molar-refractivity contribution in [3.05, 3.63) is 0 Å². The topological polar surface area (TPSA) is 58.6 Å². The van der Waals surface area contributed by atoms with Crippen LogP contribution in [0.2, 0.25) is 0 Å². The number of carboxylic acids is 1. The summed E-state index contributed by atoms with van der Waals surface area (Å²) in [5, 5.41) is 12.5. The Morgan fingerprint density at radius 1 is 1.47 bits per heavy atom. The summed E-state index contributed by atoms with van der Waals surface area (Å²) >= 11 is 0. The molecule has 0 aromatic rings. The molecule has 0 amide bonds. The third-order valence-electron chi connectivity index (χ3n) is 3.73. The van der Waals surface area contributed by atoms with Gasteiger partial charge in [0.25, 0.3) is 0 Å². The number of hydrogen-bond acceptors (Lipinski definition) is 3. The summed E-state index contributed by atoms with van der Waals surface area (Å²) in [6.07, 6.45) is 3.69. The lowest BCUT2D eigenvalue weighted by atomic mass is 9.77. The van der Waals surface area contributed by atoms with Crippen LogP contribution < -0.4 is 5.32 Å². The number of nitrogens with one attached hydrogen (secondary N) is 1. The van der Waals surface area contributed by atoms with Gasteiger partial charge in [0.05, 0.1) is 12.0 Å². The van der Waals surface area contributed by atoms with Crippen molar-refractivity contribution in [2.75, 3.05) is 13.2 Å². The predicted octanol–water partition coefficient (Wildman–Crippen LogP) is 2.18. The van der Waals surface area contributed by atoms with E-state index >= 15 is 0 Å². The maximum atomic E-state index is 11.1. The highest BCUT2D eigenvalue weighted by Gasteiger charge is 2.43. The Morgan fingerprint density at radius 2 is 2.18 bits per heavy atom. The van der Waals surface area contributed by atoms with E-state index in [0.717, 1.165) is 32.2 Å². The maximum Gasteiger partial charge on any atom is 0.305 e. The highest BCUT2D eigenvalue weighted by Crippen LogP contribution is 2.36. The Balaban J connectivity index is 2.77. The molecule has 0 bridgehead atoms. The zero-order valence-electron chi connectivity index (χ0n) is 11.2. The molecule has 4 nitrogen and oxygen atoms in total. The van der Waals surface area contributed by atoms with E-state index in [1.807, 2.05) is 0 Å². The van der Waals surface area contributed by atoms with Crippen molar-refractivity contribution in [2.45, 2.75) is 64.0 Å². The van der Waals surface area contributed by atoms with Crippen LogP contribution in [0, 0.1) is 0 Å². The first kappa shape index (κ1) is 14.5. The van der Waals surface area contributed by atoms with Gasteiger partial charge in [-0.15, -0.1) is 0 Å². The summed E-state index contributed by atoms with van der Waals surface area (Å²) in [7, 11) is 0. The number of aliphatic carboxylic acids is 1. The summed E-state index contributed by atoms with van der Waals surface area (Å²) in [6, 6.07) is 0. The molecule has 0 spiro atoms. The first-order valence-corrected chi connectivity index (χ1v) is 6.56. The van der Waals surface area contributed by atoms with E-state index in [-0.39, 0.29) is 17.6 Å². The fourth-order valence-corrected chi connectivity index (χ4v) is 2.62.